The van der Waals surface area contributed by atoms with Gasteiger partial charge in [0.15, 0.2) is 0 Å². The highest BCUT2D eigenvalue weighted by atomic mass is 35.5. The van der Waals surface area contributed by atoms with Crippen molar-refractivity contribution < 1.29 is 29.3 Å². The Morgan fingerprint density at radius 1 is 1.15 bits per heavy atom. The van der Waals surface area contributed by atoms with E-state index >= 15 is 0 Å². The van der Waals surface area contributed by atoms with E-state index in [-0.39, 0.29) is 28.5 Å². The number of hydrogen-bond acceptors (Lipinski definition) is 7. The molecule has 1 unspecified atom stereocenters. The molecule has 8 nitrogen and oxygen atoms in total. The van der Waals surface area contributed by atoms with Crippen LogP contribution in [0.5, 0.6) is 11.5 Å². The van der Waals surface area contributed by atoms with E-state index in [0.29, 0.717) is 31.1 Å². The van der Waals surface area contributed by atoms with Gasteiger partial charge >= 0.3 is 0 Å². The fourth-order valence-corrected chi connectivity index (χ4v) is 4.42. The summed E-state index contributed by atoms with van der Waals surface area (Å²) in [6.45, 7) is 3.51. The molecule has 2 fully saturated rings. The van der Waals surface area contributed by atoms with Crippen molar-refractivity contribution in [1.82, 2.24) is 9.80 Å². The van der Waals surface area contributed by atoms with E-state index in [4.69, 9.17) is 21.1 Å². The second-order valence-electron chi connectivity index (χ2n) is 7.85. The first-order chi connectivity index (χ1) is 15.9. The highest BCUT2D eigenvalue weighted by Gasteiger charge is 2.47. The fourth-order valence-electron chi connectivity index (χ4n) is 4.24. The number of ketones is 1. The first kappa shape index (κ1) is 23.1. The zero-order valence-corrected chi connectivity index (χ0v) is 18.9. The molecule has 174 valence electrons. The van der Waals surface area contributed by atoms with Crippen LogP contribution in [-0.2, 0) is 14.3 Å². The van der Waals surface area contributed by atoms with Crippen molar-refractivity contribution >= 4 is 29.1 Å². The van der Waals surface area contributed by atoms with Gasteiger partial charge in [0.05, 0.1) is 37.5 Å². The van der Waals surface area contributed by atoms with Crippen LogP contribution >= 0.6 is 11.6 Å². The number of phenols is 1. The van der Waals surface area contributed by atoms with Gasteiger partial charge < -0.3 is 24.6 Å². The third-order valence-electron chi connectivity index (χ3n) is 5.95. The number of halogens is 1. The summed E-state index contributed by atoms with van der Waals surface area (Å²) in [5.74, 6) is -1.82. The molecule has 1 amide bonds. The monoisotopic (exact) mass is 472 g/mol. The molecule has 0 bridgehead atoms. The van der Waals surface area contributed by atoms with Crippen LogP contribution in [0.15, 0.2) is 48.0 Å². The fraction of sp³-hybridized carbons (Fsp3) is 0.333. The van der Waals surface area contributed by atoms with E-state index in [1.165, 1.54) is 30.2 Å². The Labute approximate surface area is 196 Å². The molecule has 0 radical (unpaired) electrons. The number of carbonyl (C=O) groups excluding carboxylic acids is 2. The second kappa shape index (κ2) is 9.82. The van der Waals surface area contributed by atoms with Gasteiger partial charge in [0.2, 0.25) is 0 Å². The lowest BCUT2D eigenvalue weighted by molar-refractivity contribution is -0.140. The van der Waals surface area contributed by atoms with Gasteiger partial charge in [-0.15, -0.1) is 0 Å². The molecular weight excluding hydrogens is 448 g/mol. The number of carbonyl (C=O) groups is 2. The average molecular weight is 473 g/mol. The Kier molecular flexibility index (Phi) is 6.88. The number of ether oxygens (including phenoxy) is 2. The lowest BCUT2D eigenvalue weighted by atomic mass is 9.94. The molecule has 0 saturated carbocycles. The second-order valence-corrected chi connectivity index (χ2v) is 8.29. The van der Waals surface area contributed by atoms with Gasteiger partial charge in [0.1, 0.15) is 17.3 Å². The summed E-state index contributed by atoms with van der Waals surface area (Å²) in [4.78, 5) is 29.9. The number of aliphatic hydroxyl groups is 1. The van der Waals surface area contributed by atoms with Gasteiger partial charge in [-0.25, -0.2) is 0 Å². The van der Waals surface area contributed by atoms with Crippen LogP contribution in [0.25, 0.3) is 5.76 Å². The number of methoxy groups -OCH3 is 1. The number of nitrogens with zero attached hydrogens (tertiary/aromatic N) is 2. The van der Waals surface area contributed by atoms with Crippen molar-refractivity contribution in [2.24, 2.45) is 0 Å². The maximum Gasteiger partial charge on any atom is 0.295 e. The summed E-state index contributed by atoms with van der Waals surface area (Å²) in [5, 5.41) is 21.7. The van der Waals surface area contributed by atoms with Crippen LogP contribution in [-0.4, -0.2) is 78.2 Å². The number of aliphatic hydroxyl groups excluding tert-OH is 1. The van der Waals surface area contributed by atoms with Crippen molar-refractivity contribution in [1.29, 1.82) is 0 Å². The van der Waals surface area contributed by atoms with Crippen molar-refractivity contribution in [3.05, 3.63) is 64.2 Å². The molecular formula is C24H25ClN2O6. The summed E-state index contributed by atoms with van der Waals surface area (Å²) in [5.41, 5.74) is 0.418. The van der Waals surface area contributed by atoms with Crippen molar-refractivity contribution in [3.63, 3.8) is 0 Å². The first-order valence-corrected chi connectivity index (χ1v) is 11.0. The minimum Gasteiger partial charge on any atom is -0.507 e. The number of likely N-dealkylation sites (tertiary alicyclic amines) is 1. The number of benzene rings is 2. The number of Topliss-reactive ketones (excluding diaryl/α,β-unsaturated/α-hetero) is 1. The molecule has 0 spiro atoms. The lowest BCUT2D eigenvalue weighted by Crippen LogP contribution is -2.42. The molecule has 2 aromatic carbocycles. The zero-order valence-electron chi connectivity index (χ0n) is 18.2. The number of morpholine rings is 1. The van der Waals surface area contributed by atoms with Gasteiger partial charge in [-0.1, -0.05) is 29.8 Å². The molecule has 2 N–H and O–H groups in total. The molecule has 2 aliphatic rings. The van der Waals surface area contributed by atoms with E-state index in [0.717, 1.165) is 13.1 Å². The molecule has 2 aliphatic heterocycles. The SMILES string of the molecule is COc1ccccc1C1C(=C(O)c2cc(Cl)ccc2O)C(=O)C(=O)N1CCN1CCOCC1. The summed E-state index contributed by atoms with van der Waals surface area (Å²) in [7, 11) is 1.50. The Morgan fingerprint density at radius 3 is 2.61 bits per heavy atom. The van der Waals surface area contributed by atoms with Gasteiger partial charge in [0, 0.05) is 36.8 Å². The van der Waals surface area contributed by atoms with E-state index in [9.17, 15) is 19.8 Å². The minimum absolute atomic E-state index is 0.0198. The summed E-state index contributed by atoms with van der Waals surface area (Å²) < 4.78 is 10.9. The Bertz CT molecular complexity index is 1100. The molecule has 2 saturated heterocycles. The maximum atomic E-state index is 13.2. The summed E-state index contributed by atoms with van der Waals surface area (Å²) >= 11 is 6.06. The van der Waals surface area contributed by atoms with E-state index in [1.54, 1.807) is 24.3 Å². The Balaban J connectivity index is 1.81. The number of amides is 1. The van der Waals surface area contributed by atoms with Gasteiger partial charge in [-0.2, -0.15) is 0 Å². The van der Waals surface area contributed by atoms with Crippen molar-refractivity contribution in [2.75, 3.05) is 46.5 Å². The number of rotatable bonds is 6. The largest absolute Gasteiger partial charge is 0.507 e. The highest BCUT2D eigenvalue weighted by molar-refractivity contribution is 6.46. The number of phenolic OH excluding ortho intramolecular Hbond substituents is 1. The van der Waals surface area contributed by atoms with Crippen molar-refractivity contribution in [2.45, 2.75) is 6.04 Å². The quantitative estimate of drug-likeness (QED) is 0.379. The Morgan fingerprint density at radius 2 is 1.88 bits per heavy atom. The van der Waals surface area contributed by atoms with Crippen LogP contribution in [0.1, 0.15) is 17.2 Å². The smallest absolute Gasteiger partial charge is 0.295 e. The molecule has 0 aromatic heterocycles. The molecule has 2 heterocycles. The number of hydrogen-bond donors (Lipinski definition) is 2. The maximum absolute atomic E-state index is 13.2. The predicted molar refractivity (Wildman–Crippen MR) is 122 cm³/mol. The molecule has 4 rings (SSSR count). The third kappa shape index (κ3) is 4.55. The predicted octanol–water partition coefficient (Wildman–Crippen LogP) is 2.81. The van der Waals surface area contributed by atoms with E-state index in [1.807, 2.05) is 0 Å². The van der Waals surface area contributed by atoms with Crippen LogP contribution in [0, 0.1) is 0 Å². The number of para-hydroxylation sites is 1. The summed E-state index contributed by atoms with van der Waals surface area (Å²) in [6, 6.07) is 10.3. The average Bonchev–Trinajstić information content (AvgIpc) is 3.09. The molecule has 9 heteroatoms. The Hall–Kier alpha value is -3.07. The van der Waals surface area contributed by atoms with Crippen LogP contribution in [0.2, 0.25) is 5.02 Å². The first-order valence-electron chi connectivity index (χ1n) is 10.6. The zero-order chi connectivity index (χ0) is 23.5. The van der Waals surface area contributed by atoms with Crippen LogP contribution in [0.4, 0.5) is 0 Å². The normalized spacial score (nSPS) is 20.9. The lowest BCUT2D eigenvalue weighted by Gasteiger charge is -2.31. The third-order valence-corrected chi connectivity index (χ3v) is 6.18. The van der Waals surface area contributed by atoms with Crippen LogP contribution < -0.4 is 4.74 Å². The van der Waals surface area contributed by atoms with E-state index < -0.39 is 23.5 Å². The summed E-state index contributed by atoms with van der Waals surface area (Å²) in [6.07, 6.45) is 0. The van der Waals surface area contributed by atoms with Gasteiger partial charge in [-0.3, -0.25) is 14.5 Å². The topological polar surface area (TPSA) is 99.5 Å². The molecule has 0 aliphatic carbocycles. The highest BCUT2D eigenvalue weighted by Crippen LogP contribution is 2.43. The van der Waals surface area contributed by atoms with Gasteiger partial charge in [-0.05, 0) is 24.3 Å². The van der Waals surface area contributed by atoms with Gasteiger partial charge in [0.25, 0.3) is 11.7 Å². The molecule has 33 heavy (non-hydrogen) atoms. The van der Waals surface area contributed by atoms with Crippen LogP contribution in [0.3, 0.4) is 0 Å². The molecule has 1 atom stereocenters. The molecule has 2 aromatic rings. The van der Waals surface area contributed by atoms with Crippen molar-refractivity contribution in [3.8, 4) is 11.5 Å². The van der Waals surface area contributed by atoms with E-state index in [2.05, 4.69) is 4.90 Å². The number of aromatic hydroxyl groups is 1. The standard InChI is InChI=1S/C24H25ClN2O6/c1-32-19-5-3-2-4-16(19)21-20(22(29)17-14-15(25)6-7-18(17)28)23(30)24(31)27(21)9-8-26-10-12-33-13-11-26/h2-7,14,21,28-29H,8-13H2,1H3. The minimum atomic E-state index is -0.888.